The van der Waals surface area contributed by atoms with Crippen LogP contribution in [0, 0.1) is 0 Å². The molecule has 0 aliphatic carbocycles. The summed E-state index contributed by atoms with van der Waals surface area (Å²) in [5.74, 6) is 0. The molecule has 8 heteroatoms. The fraction of sp³-hybridized carbons (Fsp3) is 0.778. The number of ether oxygens (including phenoxy) is 3. The third-order valence-electron chi connectivity index (χ3n) is 1.76. The van der Waals surface area contributed by atoms with Crippen molar-refractivity contribution in [1.29, 1.82) is 0 Å². The molecule has 0 unspecified atom stereocenters. The zero-order chi connectivity index (χ0) is 12.4. The van der Waals surface area contributed by atoms with E-state index < -0.39 is 19.1 Å². The van der Waals surface area contributed by atoms with Crippen LogP contribution in [-0.2, 0) is 14.2 Å². The van der Waals surface area contributed by atoms with Crippen LogP contribution in [0.2, 0.25) is 0 Å². The SMILES string of the molecule is C=C(COCCOCCCOC)[B-](F)(F)F.[K+]. The second-order valence-corrected chi connectivity index (χ2v) is 3.24. The summed E-state index contributed by atoms with van der Waals surface area (Å²) in [6.07, 6.45) is 0.759. The minimum absolute atomic E-state index is 0. The van der Waals surface area contributed by atoms with Gasteiger partial charge in [0.05, 0.1) is 13.2 Å². The molecule has 0 radical (unpaired) electrons. The van der Waals surface area contributed by atoms with E-state index in [-0.39, 0.29) is 64.6 Å². The van der Waals surface area contributed by atoms with Gasteiger partial charge in [0.15, 0.2) is 0 Å². The van der Waals surface area contributed by atoms with Crippen molar-refractivity contribution in [2.45, 2.75) is 6.42 Å². The van der Waals surface area contributed by atoms with Gasteiger partial charge in [-0.25, -0.2) is 0 Å². The molecule has 0 amide bonds. The van der Waals surface area contributed by atoms with Crippen LogP contribution in [0.5, 0.6) is 0 Å². The first kappa shape index (κ1) is 20.4. The molecule has 0 bridgehead atoms. The molecule has 0 aliphatic rings. The summed E-state index contributed by atoms with van der Waals surface area (Å²) in [6.45, 7) is -1.02. The van der Waals surface area contributed by atoms with Crippen molar-refractivity contribution < 1.29 is 78.5 Å². The van der Waals surface area contributed by atoms with Crippen LogP contribution < -0.4 is 51.4 Å². The molecule has 0 saturated heterocycles. The van der Waals surface area contributed by atoms with Crippen LogP contribution in [0.15, 0.2) is 12.1 Å². The quantitative estimate of drug-likeness (QED) is 0.380. The van der Waals surface area contributed by atoms with E-state index >= 15 is 0 Å². The van der Waals surface area contributed by atoms with Gasteiger partial charge >= 0.3 is 58.4 Å². The van der Waals surface area contributed by atoms with Crippen LogP contribution in [-0.4, -0.2) is 47.1 Å². The number of hydrogen-bond acceptors (Lipinski definition) is 3. The maximum absolute atomic E-state index is 12.0. The number of hydrogen-bond donors (Lipinski definition) is 0. The van der Waals surface area contributed by atoms with Gasteiger partial charge in [0.25, 0.3) is 0 Å². The topological polar surface area (TPSA) is 27.7 Å². The molecule has 0 aromatic carbocycles. The Morgan fingerprint density at radius 2 is 1.65 bits per heavy atom. The molecule has 0 aromatic rings. The fourth-order valence-corrected chi connectivity index (χ4v) is 0.823. The minimum atomic E-state index is -4.98. The third kappa shape index (κ3) is 13.3. The van der Waals surface area contributed by atoms with E-state index in [4.69, 9.17) is 14.2 Å². The average Bonchev–Trinajstić information content (AvgIpc) is 2.20. The Kier molecular flexibility index (Phi) is 14.6. The monoisotopic (exact) mass is 280 g/mol. The van der Waals surface area contributed by atoms with Crippen molar-refractivity contribution in [3.63, 3.8) is 0 Å². The van der Waals surface area contributed by atoms with E-state index in [1.165, 1.54) is 0 Å². The van der Waals surface area contributed by atoms with Gasteiger partial charge in [0.1, 0.15) is 0 Å². The van der Waals surface area contributed by atoms with Crippen LogP contribution in [0.4, 0.5) is 12.9 Å². The Morgan fingerprint density at radius 1 is 1.06 bits per heavy atom. The van der Waals surface area contributed by atoms with Crippen molar-refractivity contribution in [3.8, 4) is 0 Å². The summed E-state index contributed by atoms with van der Waals surface area (Å²) < 4.78 is 50.7. The van der Waals surface area contributed by atoms with Crippen molar-refractivity contribution in [1.82, 2.24) is 0 Å². The molecule has 0 rings (SSSR count). The summed E-state index contributed by atoms with van der Waals surface area (Å²) >= 11 is 0. The Bertz CT molecular complexity index is 202. The average molecular weight is 280 g/mol. The molecule has 96 valence electrons. The van der Waals surface area contributed by atoms with Crippen molar-refractivity contribution >= 4 is 6.98 Å². The number of halogens is 3. The molecular formula is C9H17BF3KO3. The first-order valence-electron chi connectivity index (χ1n) is 5.00. The van der Waals surface area contributed by atoms with Crippen LogP contribution >= 0.6 is 0 Å². The summed E-state index contributed by atoms with van der Waals surface area (Å²) in [5.41, 5.74) is -0.820. The van der Waals surface area contributed by atoms with Crippen molar-refractivity contribution in [2.75, 3.05) is 40.1 Å². The van der Waals surface area contributed by atoms with Gasteiger partial charge in [0.2, 0.25) is 0 Å². The van der Waals surface area contributed by atoms with Gasteiger partial charge in [-0.15, -0.1) is 12.1 Å². The van der Waals surface area contributed by atoms with Crippen molar-refractivity contribution in [3.05, 3.63) is 12.1 Å². The molecule has 3 nitrogen and oxygen atoms in total. The third-order valence-corrected chi connectivity index (χ3v) is 1.76. The van der Waals surface area contributed by atoms with E-state index in [9.17, 15) is 12.9 Å². The predicted molar refractivity (Wildman–Crippen MR) is 56.3 cm³/mol. The number of methoxy groups -OCH3 is 1. The largest absolute Gasteiger partial charge is 1.00 e. The predicted octanol–water partition coefficient (Wildman–Crippen LogP) is -0.997. The fourth-order valence-electron chi connectivity index (χ4n) is 0.823. The molecule has 0 N–H and O–H groups in total. The van der Waals surface area contributed by atoms with E-state index in [1.54, 1.807) is 7.11 Å². The Hall–Kier alpha value is 1.11. The summed E-state index contributed by atoms with van der Waals surface area (Å²) in [4.78, 5) is 0. The molecule has 0 spiro atoms. The summed E-state index contributed by atoms with van der Waals surface area (Å²) in [5, 5.41) is 0. The van der Waals surface area contributed by atoms with E-state index in [1.807, 2.05) is 0 Å². The summed E-state index contributed by atoms with van der Waals surface area (Å²) in [6, 6.07) is 0. The Morgan fingerprint density at radius 3 is 2.18 bits per heavy atom. The Balaban J connectivity index is 0. The molecule has 0 aromatic heterocycles. The maximum atomic E-state index is 12.0. The van der Waals surface area contributed by atoms with Crippen molar-refractivity contribution in [2.24, 2.45) is 0 Å². The maximum Gasteiger partial charge on any atom is 1.00 e. The van der Waals surface area contributed by atoms with Gasteiger partial charge in [0, 0.05) is 26.9 Å². The van der Waals surface area contributed by atoms with Crippen LogP contribution in [0.3, 0.4) is 0 Å². The molecule has 0 atom stereocenters. The molecule has 17 heavy (non-hydrogen) atoms. The normalized spacial score (nSPS) is 11.1. The summed E-state index contributed by atoms with van der Waals surface area (Å²) in [7, 11) is 1.59. The molecule has 0 saturated carbocycles. The van der Waals surface area contributed by atoms with Gasteiger partial charge < -0.3 is 27.2 Å². The smallest absolute Gasteiger partial charge is 0.445 e. The minimum Gasteiger partial charge on any atom is -0.445 e. The zero-order valence-corrected chi connectivity index (χ0v) is 13.5. The molecule has 0 heterocycles. The molecule has 0 fully saturated rings. The van der Waals surface area contributed by atoms with Gasteiger partial charge in [-0.1, -0.05) is 0 Å². The first-order chi connectivity index (χ1) is 7.48. The first-order valence-corrected chi connectivity index (χ1v) is 5.00. The van der Waals surface area contributed by atoms with Gasteiger partial charge in [-0.2, -0.15) is 0 Å². The van der Waals surface area contributed by atoms with E-state index in [0.29, 0.717) is 13.2 Å². The van der Waals surface area contributed by atoms with E-state index in [0.717, 1.165) is 6.42 Å². The Labute approximate surface area is 143 Å². The molecular weight excluding hydrogens is 263 g/mol. The van der Waals surface area contributed by atoms with Crippen LogP contribution in [0.25, 0.3) is 0 Å². The standard InChI is InChI=1S/C9H17BF3O3.K/c1-9(10(11,12)13)8-16-7-6-15-5-3-4-14-2;/h1,3-8H2,2H3;/q-1;+1. The molecule has 0 aliphatic heterocycles. The second kappa shape index (κ2) is 12.2. The number of rotatable bonds is 10. The van der Waals surface area contributed by atoms with E-state index in [2.05, 4.69) is 6.58 Å². The van der Waals surface area contributed by atoms with Crippen LogP contribution in [0.1, 0.15) is 6.42 Å². The van der Waals surface area contributed by atoms with Gasteiger partial charge in [-0.05, 0) is 6.42 Å². The van der Waals surface area contributed by atoms with Gasteiger partial charge in [-0.3, -0.25) is 0 Å². The second-order valence-electron chi connectivity index (χ2n) is 3.24. The zero-order valence-electron chi connectivity index (χ0n) is 10.4.